The Balaban J connectivity index is -0.000000175. The lowest BCUT2D eigenvalue weighted by molar-refractivity contribution is 0.127. The van der Waals surface area contributed by atoms with E-state index in [-0.39, 0.29) is 0 Å². The van der Waals surface area contributed by atoms with Crippen molar-refractivity contribution in [3.05, 3.63) is 11.8 Å². The van der Waals surface area contributed by atoms with Gasteiger partial charge in [0.15, 0.2) is 0 Å². The first-order valence-corrected chi connectivity index (χ1v) is 4.81. The van der Waals surface area contributed by atoms with Crippen LogP contribution in [-0.2, 0) is 4.84 Å². The molecule has 0 aromatic heterocycles. The number of hydrogen-bond donors (Lipinski definition) is 1. The third-order valence-electron chi connectivity index (χ3n) is 0.755. The van der Waals surface area contributed by atoms with Gasteiger partial charge in [-0.15, -0.1) is 0 Å². The Morgan fingerprint density at radius 2 is 1.67 bits per heavy atom. The smallest absolute Gasteiger partial charge is 0.117 e. The maximum absolute atomic E-state index is 4.89. The van der Waals surface area contributed by atoms with Gasteiger partial charge in [-0.05, 0) is 19.4 Å². The first-order chi connectivity index (χ1) is 5.81. The van der Waals surface area contributed by atoms with Gasteiger partial charge in [-0.1, -0.05) is 34.6 Å². The van der Waals surface area contributed by atoms with Crippen molar-refractivity contribution in [2.24, 2.45) is 0 Å². The Hall–Kier alpha value is -0.500. The number of hydrogen-bond acceptors (Lipinski definition) is 2. The third-order valence-corrected chi connectivity index (χ3v) is 0.755. The van der Waals surface area contributed by atoms with Gasteiger partial charge in [0, 0.05) is 7.05 Å². The van der Waals surface area contributed by atoms with E-state index < -0.39 is 0 Å². The first kappa shape index (κ1) is 17.5. The van der Waals surface area contributed by atoms with E-state index in [0.717, 1.165) is 12.2 Å². The lowest BCUT2D eigenvalue weighted by Gasteiger charge is -1.99. The van der Waals surface area contributed by atoms with Crippen LogP contribution in [0.4, 0.5) is 0 Å². The van der Waals surface area contributed by atoms with Crippen LogP contribution in [0.15, 0.2) is 11.8 Å². The fourth-order valence-corrected chi connectivity index (χ4v) is 0.490. The largest absolute Gasteiger partial charge is 0.414 e. The van der Waals surface area contributed by atoms with E-state index in [1.54, 1.807) is 7.05 Å². The molecule has 0 heterocycles. The second-order valence-electron chi connectivity index (χ2n) is 1.53. The molecule has 0 aromatic rings. The molecule has 0 saturated heterocycles. The highest BCUT2D eigenvalue weighted by atomic mass is 16.6. The molecule has 1 N–H and O–H groups in total. The Morgan fingerprint density at radius 1 is 1.25 bits per heavy atom. The molecule has 2 nitrogen and oxygen atoms in total. The normalized spacial score (nSPS) is 8.75. The van der Waals surface area contributed by atoms with E-state index >= 15 is 0 Å². The lowest BCUT2D eigenvalue weighted by atomic mass is 10.4. The van der Waals surface area contributed by atoms with Gasteiger partial charge in [-0.2, -0.15) is 5.48 Å². The minimum Gasteiger partial charge on any atom is -0.414 e. The topological polar surface area (TPSA) is 21.3 Å². The molecule has 0 aliphatic rings. The van der Waals surface area contributed by atoms with E-state index in [4.69, 9.17) is 4.84 Å². The SMILES string of the molecule is CC.CC.CC/C=C(/C)ONC. The average molecular weight is 175 g/mol. The van der Waals surface area contributed by atoms with Crippen LogP contribution in [0.2, 0.25) is 0 Å². The molecule has 2 heteroatoms. The predicted molar refractivity (Wildman–Crippen MR) is 56.9 cm³/mol. The summed E-state index contributed by atoms with van der Waals surface area (Å²) >= 11 is 0. The van der Waals surface area contributed by atoms with E-state index in [9.17, 15) is 0 Å². The van der Waals surface area contributed by atoms with Crippen LogP contribution in [0, 0.1) is 0 Å². The number of hydroxylamine groups is 1. The van der Waals surface area contributed by atoms with Crippen molar-refractivity contribution in [2.45, 2.75) is 48.0 Å². The van der Waals surface area contributed by atoms with Crippen molar-refractivity contribution in [2.75, 3.05) is 7.05 Å². The molecule has 12 heavy (non-hydrogen) atoms. The molecule has 0 aliphatic heterocycles. The maximum atomic E-state index is 4.89. The van der Waals surface area contributed by atoms with E-state index in [0.29, 0.717) is 0 Å². The van der Waals surface area contributed by atoms with Crippen LogP contribution in [0.25, 0.3) is 0 Å². The summed E-state index contributed by atoms with van der Waals surface area (Å²) in [6.07, 6.45) is 3.03. The molecular weight excluding hydrogens is 150 g/mol. The highest BCUT2D eigenvalue weighted by Crippen LogP contribution is 1.92. The molecule has 0 spiro atoms. The summed E-state index contributed by atoms with van der Waals surface area (Å²) in [6, 6.07) is 0. The van der Waals surface area contributed by atoms with Crippen molar-refractivity contribution < 1.29 is 4.84 Å². The van der Waals surface area contributed by atoms with Crippen LogP contribution in [0.1, 0.15) is 48.0 Å². The van der Waals surface area contributed by atoms with E-state index in [1.165, 1.54) is 0 Å². The van der Waals surface area contributed by atoms with Crippen LogP contribution in [0.3, 0.4) is 0 Å². The summed E-state index contributed by atoms with van der Waals surface area (Å²) in [5.41, 5.74) is 2.58. The summed E-state index contributed by atoms with van der Waals surface area (Å²) < 4.78 is 0. The summed E-state index contributed by atoms with van der Waals surface area (Å²) in [6.45, 7) is 12.0. The van der Waals surface area contributed by atoms with Gasteiger partial charge in [0.25, 0.3) is 0 Å². The Kier molecular flexibility index (Phi) is 32.8. The van der Waals surface area contributed by atoms with Crippen LogP contribution in [0.5, 0.6) is 0 Å². The first-order valence-electron chi connectivity index (χ1n) is 4.81. The quantitative estimate of drug-likeness (QED) is 0.523. The number of nitrogens with one attached hydrogen (secondary N) is 1. The highest BCUT2D eigenvalue weighted by Gasteiger charge is 1.81. The van der Waals surface area contributed by atoms with Crippen LogP contribution < -0.4 is 5.48 Å². The lowest BCUT2D eigenvalue weighted by Crippen LogP contribution is -2.04. The van der Waals surface area contributed by atoms with Gasteiger partial charge in [-0.25, -0.2) is 0 Å². The van der Waals surface area contributed by atoms with Gasteiger partial charge < -0.3 is 4.84 Å². The maximum Gasteiger partial charge on any atom is 0.117 e. The minimum atomic E-state index is 0.926. The Labute approximate surface area is 78.0 Å². The molecular formula is C10H25NO. The van der Waals surface area contributed by atoms with Gasteiger partial charge in [0.1, 0.15) is 5.76 Å². The molecule has 0 fully saturated rings. The van der Waals surface area contributed by atoms with Crippen molar-refractivity contribution in [1.82, 2.24) is 5.48 Å². The molecule has 0 rings (SSSR count). The van der Waals surface area contributed by atoms with Gasteiger partial charge in [-0.3, -0.25) is 0 Å². The van der Waals surface area contributed by atoms with Crippen molar-refractivity contribution in [1.29, 1.82) is 0 Å². The second-order valence-corrected chi connectivity index (χ2v) is 1.53. The number of allylic oxidation sites excluding steroid dienone is 2. The summed E-state index contributed by atoms with van der Waals surface area (Å²) in [4.78, 5) is 4.89. The van der Waals surface area contributed by atoms with E-state index in [1.807, 2.05) is 40.7 Å². The van der Waals surface area contributed by atoms with Gasteiger partial charge in [0.05, 0.1) is 0 Å². The second kappa shape index (κ2) is 22.4. The molecule has 0 saturated carbocycles. The predicted octanol–water partition coefficient (Wildman–Crippen LogP) is 3.50. The number of rotatable bonds is 3. The standard InChI is InChI=1S/C6H13NO.2C2H6/c1-4-5-6(2)8-7-3;2*1-2/h5,7H,4H2,1-3H3;2*1-2H3/b6-5-;;. The molecule has 0 amide bonds. The zero-order valence-corrected chi connectivity index (χ0v) is 9.69. The summed E-state index contributed by atoms with van der Waals surface area (Å²) in [7, 11) is 1.74. The van der Waals surface area contributed by atoms with E-state index in [2.05, 4.69) is 12.4 Å². The minimum absolute atomic E-state index is 0.926. The fraction of sp³-hybridized carbons (Fsp3) is 0.800. The average Bonchev–Trinajstić information content (AvgIpc) is 2.12. The van der Waals surface area contributed by atoms with Crippen molar-refractivity contribution in [3.63, 3.8) is 0 Å². The van der Waals surface area contributed by atoms with Gasteiger partial charge >= 0.3 is 0 Å². The van der Waals surface area contributed by atoms with Crippen LogP contribution in [-0.4, -0.2) is 7.05 Å². The molecule has 0 aromatic carbocycles. The summed E-state index contributed by atoms with van der Waals surface area (Å²) in [5, 5.41) is 0. The Morgan fingerprint density at radius 3 is 1.92 bits per heavy atom. The zero-order valence-electron chi connectivity index (χ0n) is 9.69. The van der Waals surface area contributed by atoms with Gasteiger partial charge in [0.2, 0.25) is 0 Å². The molecule has 0 atom stereocenters. The molecule has 0 aliphatic carbocycles. The zero-order chi connectivity index (χ0) is 10.4. The Bertz CT molecular complexity index is 79.9. The van der Waals surface area contributed by atoms with Crippen molar-refractivity contribution in [3.8, 4) is 0 Å². The molecule has 0 bridgehead atoms. The summed E-state index contributed by atoms with van der Waals surface area (Å²) in [5.74, 6) is 0.926. The van der Waals surface area contributed by atoms with Crippen molar-refractivity contribution >= 4 is 0 Å². The molecule has 0 unspecified atom stereocenters. The van der Waals surface area contributed by atoms with Crippen LogP contribution >= 0.6 is 0 Å². The highest BCUT2D eigenvalue weighted by molar-refractivity contribution is 4.85. The fourth-order valence-electron chi connectivity index (χ4n) is 0.490. The molecule has 76 valence electrons. The molecule has 0 radical (unpaired) electrons. The third kappa shape index (κ3) is 22.7. The monoisotopic (exact) mass is 175 g/mol.